The average molecular weight is 352 g/mol. The molecule has 0 aromatic heterocycles. The van der Waals surface area contributed by atoms with Gasteiger partial charge in [0, 0.05) is 23.3 Å². The number of hydrogen-bond acceptors (Lipinski definition) is 3. The third kappa shape index (κ3) is 4.42. The number of anilines is 1. The number of carbonyl (C=O) groups excluding carboxylic acids is 1. The number of piperidine rings is 1. The number of carbonyl (C=O) groups is 1. The minimum Gasteiger partial charge on any atom is -0.399 e. The van der Waals surface area contributed by atoms with Crippen molar-refractivity contribution in [3.8, 4) is 0 Å². The van der Waals surface area contributed by atoms with Gasteiger partial charge in [0.2, 0.25) is 0 Å². The van der Waals surface area contributed by atoms with Gasteiger partial charge in [-0.05, 0) is 57.0 Å². The largest absolute Gasteiger partial charge is 0.399 e. The normalized spacial score (nSPS) is 20.8. The quantitative estimate of drug-likeness (QED) is 0.815. The minimum absolute atomic E-state index is 0. The van der Waals surface area contributed by atoms with Crippen LogP contribution < -0.4 is 11.1 Å². The molecule has 1 aromatic carbocycles. The first-order valence-corrected chi connectivity index (χ1v) is 9.08. The maximum atomic E-state index is 12.5. The Morgan fingerprint density at radius 1 is 1.08 bits per heavy atom. The van der Waals surface area contributed by atoms with Crippen molar-refractivity contribution in [2.24, 2.45) is 0 Å². The van der Waals surface area contributed by atoms with E-state index in [2.05, 4.69) is 10.2 Å². The highest BCUT2D eigenvalue weighted by molar-refractivity contribution is 5.95. The van der Waals surface area contributed by atoms with Crippen LogP contribution in [0.25, 0.3) is 0 Å². The summed E-state index contributed by atoms with van der Waals surface area (Å²) in [7, 11) is 0. The van der Waals surface area contributed by atoms with Crippen molar-refractivity contribution in [3.05, 3.63) is 29.8 Å². The molecule has 4 nitrogen and oxygen atoms in total. The van der Waals surface area contributed by atoms with Crippen LogP contribution in [0.15, 0.2) is 24.3 Å². The molecule has 1 amide bonds. The van der Waals surface area contributed by atoms with Crippen LogP contribution in [0.2, 0.25) is 0 Å². The van der Waals surface area contributed by atoms with Crippen LogP contribution in [-0.2, 0) is 0 Å². The molecule has 1 aliphatic heterocycles. The van der Waals surface area contributed by atoms with Gasteiger partial charge in [-0.25, -0.2) is 0 Å². The summed E-state index contributed by atoms with van der Waals surface area (Å²) in [5.41, 5.74) is 7.27. The average Bonchev–Trinajstić information content (AvgIpc) is 2.61. The first-order valence-electron chi connectivity index (χ1n) is 9.08. The number of nitrogen functional groups attached to an aromatic ring is 1. The van der Waals surface area contributed by atoms with E-state index in [9.17, 15) is 4.79 Å². The predicted octanol–water partition coefficient (Wildman–Crippen LogP) is 3.61. The number of halogens is 1. The Balaban J connectivity index is 0.00000208. The summed E-state index contributed by atoms with van der Waals surface area (Å²) in [6, 6.07) is 7.24. The van der Waals surface area contributed by atoms with Gasteiger partial charge in [0.15, 0.2) is 0 Å². The highest BCUT2D eigenvalue weighted by Crippen LogP contribution is 2.35. The lowest BCUT2D eigenvalue weighted by Crippen LogP contribution is -2.58. The molecule has 2 aliphatic rings. The van der Waals surface area contributed by atoms with E-state index in [4.69, 9.17) is 5.73 Å². The Kier molecular flexibility index (Phi) is 6.93. The number of benzene rings is 1. The van der Waals surface area contributed by atoms with E-state index in [1.165, 1.54) is 64.5 Å². The standard InChI is InChI=1S/C19H29N3O.ClH/c20-17-9-7-8-16(14-17)18(23)21-15-19(10-3-1-4-11-19)22-12-5-2-6-13-22;/h7-9,14H,1-6,10-13,15,20H2,(H,21,23);1H. The Morgan fingerprint density at radius 2 is 1.75 bits per heavy atom. The van der Waals surface area contributed by atoms with Crippen LogP contribution in [0.1, 0.15) is 61.7 Å². The molecule has 0 atom stereocenters. The number of hydrogen-bond donors (Lipinski definition) is 2. The zero-order valence-electron chi connectivity index (χ0n) is 14.4. The van der Waals surface area contributed by atoms with Crippen LogP contribution in [0.3, 0.4) is 0 Å². The summed E-state index contributed by atoms with van der Waals surface area (Å²) in [6.45, 7) is 3.14. The summed E-state index contributed by atoms with van der Waals surface area (Å²) < 4.78 is 0. The Labute approximate surface area is 151 Å². The van der Waals surface area contributed by atoms with Gasteiger partial charge in [0.25, 0.3) is 5.91 Å². The van der Waals surface area contributed by atoms with Crippen molar-refractivity contribution >= 4 is 24.0 Å². The van der Waals surface area contributed by atoms with E-state index in [-0.39, 0.29) is 23.9 Å². The molecule has 0 spiro atoms. The van der Waals surface area contributed by atoms with E-state index in [1.54, 1.807) is 6.07 Å². The van der Waals surface area contributed by atoms with Gasteiger partial charge >= 0.3 is 0 Å². The minimum atomic E-state index is -0.000687. The van der Waals surface area contributed by atoms with Crippen LogP contribution in [0.4, 0.5) is 5.69 Å². The van der Waals surface area contributed by atoms with Crippen LogP contribution in [0.5, 0.6) is 0 Å². The summed E-state index contributed by atoms with van der Waals surface area (Å²) in [4.78, 5) is 15.1. The van der Waals surface area contributed by atoms with Gasteiger partial charge in [-0.15, -0.1) is 12.4 Å². The first-order chi connectivity index (χ1) is 11.2. The highest BCUT2D eigenvalue weighted by atomic mass is 35.5. The number of amides is 1. The predicted molar refractivity (Wildman–Crippen MR) is 102 cm³/mol. The summed E-state index contributed by atoms with van der Waals surface area (Å²) in [5.74, 6) is -0.000687. The fraction of sp³-hybridized carbons (Fsp3) is 0.632. The zero-order valence-corrected chi connectivity index (χ0v) is 15.2. The van der Waals surface area contributed by atoms with Crippen molar-refractivity contribution in [1.29, 1.82) is 0 Å². The van der Waals surface area contributed by atoms with E-state index < -0.39 is 0 Å². The maximum Gasteiger partial charge on any atom is 0.251 e. The second kappa shape index (κ2) is 8.72. The molecule has 1 heterocycles. The molecule has 3 rings (SSSR count). The van der Waals surface area contributed by atoms with Crippen LogP contribution in [0, 0.1) is 0 Å². The SMILES string of the molecule is Cl.Nc1cccc(C(=O)NCC2(N3CCCCC3)CCCCC2)c1. The number of nitrogens with zero attached hydrogens (tertiary/aromatic N) is 1. The molecule has 1 saturated heterocycles. The summed E-state index contributed by atoms with van der Waals surface area (Å²) in [5, 5.41) is 3.20. The van der Waals surface area contributed by atoms with E-state index in [0.29, 0.717) is 11.3 Å². The maximum absolute atomic E-state index is 12.5. The van der Waals surface area contributed by atoms with Gasteiger partial charge in [-0.1, -0.05) is 31.7 Å². The molecule has 0 bridgehead atoms. The molecular weight excluding hydrogens is 322 g/mol. The Bertz CT molecular complexity index is 537. The van der Waals surface area contributed by atoms with Gasteiger partial charge in [-0.3, -0.25) is 9.69 Å². The van der Waals surface area contributed by atoms with Crippen LogP contribution in [-0.4, -0.2) is 36.0 Å². The lowest BCUT2D eigenvalue weighted by Gasteiger charge is -2.48. The smallest absolute Gasteiger partial charge is 0.251 e. The van der Waals surface area contributed by atoms with E-state index in [1.807, 2.05) is 18.2 Å². The summed E-state index contributed by atoms with van der Waals surface area (Å²) >= 11 is 0. The Morgan fingerprint density at radius 3 is 2.42 bits per heavy atom. The van der Waals surface area contributed by atoms with Crippen LogP contribution >= 0.6 is 12.4 Å². The number of nitrogens with one attached hydrogen (secondary N) is 1. The van der Waals surface area contributed by atoms with E-state index in [0.717, 1.165) is 6.54 Å². The van der Waals surface area contributed by atoms with Crippen molar-refractivity contribution in [1.82, 2.24) is 10.2 Å². The van der Waals surface area contributed by atoms with Gasteiger partial charge in [-0.2, -0.15) is 0 Å². The first kappa shape index (κ1) is 19.1. The van der Waals surface area contributed by atoms with Crippen molar-refractivity contribution in [2.75, 3.05) is 25.4 Å². The number of nitrogens with two attached hydrogens (primary N) is 1. The molecule has 1 aliphatic carbocycles. The zero-order chi connectivity index (χ0) is 16.1. The third-order valence-electron chi connectivity index (χ3n) is 5.54. The molecule has 1 saturated carbocycles. The molecule has 134 valence electrons. The van der Waals surface area contributed by atoms with E-state index >= 15 is 0 Å². The monoisotopic (exact) mass is 351 g/mol. The molecule has 1 aromatic rings. The molecule has 2 fully saturated rings. The van der Waals surface area contributed by atoms with Crippen molar-refractivity contribution in [3.63, 3.8) is 0 Å². The second-order valence-corrected chi connectivity index (χ2v) is 7.14. The van der Waals surface area contributed by atoms with Gasteiger partial charge in [0.1, 0.15) is 0 Å². The molecule has 5 heteroatoms. The molecule has 0 unspecified atom stereocenters. The molecular formula is C19H30ClN3O. The molecule has 0 radical (unpaired) electrons. The topological polar surface area (TPSA) is 58.4 Å². The third-order valence-corrected chi connectivity index (χ3v) is 5.54. The fourth-order valence-corrected chi connectivity index (χ4v) is 4.21. The summed E-state index contributed by atoms with van der Waals surface area (Å²) in [6.07, 6.45) is 10.3. The Hall–Kier alpha value is -1.26. The van der Waals surface area contributed by atoms with Gasteiger partial charge in [0.05, 0.1) is 0 Å². The number of likely N-dealkylation sites (tertiary alicyclic amines) is 1. The molecule has 24 heavy (non-hydrogen) atoms. The van der Waals surface area contributed by atoms with Crippen molar-refractivity contribution in [2.45, 2.75) is 56.9 Å². The lowest BCUT2D eigenvalue weighted by molar-refractivity contribution is 0.0326. The van der Waals surface area contributed by atoms with Crippen molar-refractivity contribution < 1.29 is 4.79 Å². The molecule has 3 N–H and O–H groups in total. The highest BCUT2D eigenvalue weighted by Gasteiger charge is 2.38. The van der Waals surface area contributed by atoms with Gasteiger partial charge < -0.3 is 11.1 Å². The lowest BCUT2D eigenvalue weighted by atomic mass is 9.79. The fourth-order valence-electron chi connectivity index (χ4n) is 4.21. The number of rotatable bonds is 4. The second-order valence-electron chi connectivity index (χ2n) is 7.14.